The van der Waals surface area contributed by atoms with Crippen molar-refractivity contribution in [2.24, 2.45) is 17.8 Å². The van der Waals surface area contributed by atoms with Gasteiger partial charge in [-0.1, -0.05) is 58.8 Å². The second-order valence-electron chi connectivity index (χ2n) is 6.80. The van der Waals surface area contributed by atoms with Gasteiger partial charge < -0.3 is 4.94 Å². The molecular formula is C16H31Al-. The van der Waals surface area contributed by atoms with Crippen molar-refractivity contribution in [1.82, 2.24) is 0 Å². The van der Waals surface area contributed by atoms with E-state index in [1.807, 2.05) is 0 Å². The molecule has 0 aromatic carbocycles. The van der Waals surface area contributed by atoms with Gasteiger partial charge in [0.15, 0.2) is 0 Å². The standard InChI is InChI=1S/C8H13.2C4H9.Al/c1-2-8-6-4-3-5-7-8;2*1-4(2)3;/h1-2,8H,3-7H2;2*4H,1H2,2-3H3;/q;;;-1. The first kappa shape index (κ1) is 15.3. The van der Waals surface area contributed by atoms with Gasteiger partial charge in [-0.2, -0.15) is 0 Å². The smallest absolute Gasteiger partial charge is 0.00485 e. The summed E-state index contributed by atoms with van der Waals surface area (Å²) in [6, 6.07) is 0. The number of allylic oxidation sites excluding steroid dienone is 1. The van der Waals surface area contributed by atoms with Gasteiger partial charge in [-0.25, -0.2) is 10.6 Å². The Morgan fingerprint density at radius 3 is 1.94 bits per heavy atom. The van der Waals surface area contributed by atoms with Crippen LogP contribution in [0.5, 0.6) is 0 Å². The molecule has 0 aromatic heterocycles. The van der Waals surface area contributed by atoms with E-state index in [4.69, 9.17) is 0 Å². The van der Waals surface area contributed by atoms with Crippen molar-refractivity contribution in [3.63, 3.8) is 0 Å². The largest absolute Gasteiger partial charge is 0.306 e. The SMILES string of the molecule is CC(C)[CH2][Al-](/[CH]=C/C1CCCCC1)[CH2]C(C)C. The summed E-state index contributed by atoms with van der Waals surface area (Å²) >= 11 is -0.601. The lowest BCUT2D eigenvalue weighted by Gasteiger charge is -2.27. The maximum absolute atomic E-state index is 2.69. The summed E-state index contributed by atoms with van der Waals surface area (Å²) in [5.41, 5.74) is 0. The van der Waals surface area contributed by atoms with Gasteiger partial charge in [0.2, 0.25) is 0 Å². The number of rotatable bonds is 6. The van der Waals surface area contributed by atoms with Gasteiger partial charge in [-0.05, 0) is 32.9 Å². The highest BCUT2D eigenvalue weighted by molar-refractivity contribution is 6.64. The highest BCUT2D eigenvalue weighted by Gasteiger charge is 2.09. The van der Waals surface area contributed by atoms with Gasteiger partial charge in [0.25, 0.3) is 0 Å². The van der Waals surface area contributed by atoms with Crippen molar-refractivity contribution in [3.8, 4) is 0 Å². The third-order valence-electron chi connectivity index (χ3n) is 3.85. The molecule has 1 fully saturated rings. The summed E-state index contributed by atoms with van der Waals surface area (Å²) in [5, 5.41) is 3.00. The predicted molar refractivity (Wildman–Crippen MR) is 80.8 cm³/mol. The fourth-order valence-electron chi connectivity index (χ4n) is 3.11. The van der Waals surface area contributed by atoms with Crippen LogP contribution in [0, 0.1) is 17.8 Å². The molecule has 0 atom stereocenters. The molecule has 0 nitrogen and oxygen atoms in total. The molecule has 0 heterocycles. The molecule has 0 N–H and O–H groups in total. The van der Waals surface area contributed by atoms with Crippen LogP contribution in [-0.4, -0.2) is 14.1 Å². The Labute approximate surface area is 113 Å². The van der Waals surface area contributed by atoms with E-state index in [-0.39, 0.29) is 0 Å². The molecule has 0 unspecified atom stereocenters. The zero-order valence-electron chi connectivity index (χ0n) is 12.4. The Balaban J connectivity index is 2.42. The van der Waals surface area contributed by atoms with Crippen LogP contribution in [0.1, 0.15) is 59.8 Å². The molecule has 1 heteroatoms. The first-order valence-corrected chi connectivity index (χ1v) is 10.1. The van der Waals surface area contributed by atoms with Crippen LogP contribution in [0.3, 0.4) is 0 Å². The highest BCUT2D eigenvalue weighted by atomic mass is 27.2. The van der Waals surface area contributed by atoms with Crippen molar-refractivity contribution < 1.29 is 0 Å². The molecule has 0 amide bonds. The molecule has 0 bridgehead atoms. The zero-order chi connectivity index (χ0) is 12.7. The average Bonchev–Trinajstić information content (AvgIpc) is 2.26. The van der Waals surface area contributed by atoms with Crippen LogP contribution in [0.2, 0.25) is 10.6 Å². The molecule has 0 spiro atoms. The first-order chi connectivity index (χ1) is 8.08. The second-order valence-corrected chi connectivity index (χ2v) is 9.65. The summed E-state index contributed by atoms with van der Waals surface area (Å²) in [7, 11) is 0. The van der Waals surface area contributed by atoms with Crippen molar-refractivity contribution in [2.45, 2.75) is 70.4 Å². The van der Waals surface area contributed by atoms with E-state index in [9.17, 15) is 0 Å². The van der Waals surface area contributed by atoms with Crippen LogP contribution >= 0.6 is 0 Å². The Bertz CT molecular complexity index is 202. The van der Waals surface area contributed by atoms with Crippen LogP contribution < -0.4 is 0 Å². The summed E-state index contributed by atoms with van der Waals surface area (Å²) < 4.78 is 0. The van der Waals surface area contributed by atoms with Gasteiger partial charge in [0, 0.05) is 0 Å². The Kier molecular flexibility index (Phi) is 7.56. The molecule has 1 aliphatic carbocycles. The molecule has 0 aliphatic heterocycles. The summed E-state index contributed by atoms with van der Waals surface area (Å²) in [6.45, 7) is 9.53. The normalized spacial score (nSPS) is 19.0. The molecule has 0 saturated heterocycles. The minimum atomic E-state index is -0.601. The number of hydrogen-bond acceptors (Lipinski definition) is 0. The van der Waals surface area contributed by atoms with E-state index in [0.717, 1.165) is 17.8 Å². The van der Waals surface area contributed by atoms with Crippen LogP contribution in [0.4, 0.5) is 0 Å². The topological polar surface area (TPSA) is 0 Å². The van der Waals surface area contributed by atoms with E-state index in [1.165, 1.54) is 42.7 Å². The Morgan fingerprint density at radius 2 is 1.47 bits per heavy atom. The van der Waals surface area contributed by atoms with Crippen LogP contribution in [-0.2, 0) is 0 Å². The van der Waals surface area contributed by atoms with E-state index < -0.39 is 14.1 Å². The summed E-state index contributed by atoms with van der Waals surface area (Å²) in [5.74, 6) is 2.71. The lowest BCUT2D eigenvalue weighted by atomic mass is 9.90. The van der Waals surface area contributed by atoms with Gasteiger partial charge in [-0.3, -0.25) is 0 Å². The third-order valence-corrected chi connectivity index (χ3v) is 7.72. The monoisotopic (exact) mass is 250 g/mol. The van der Waals surface area contributed by atoms with E-state index in [2.05, 4.69) is 38.7 Å². The van der Waals surface area contributed by atoms with E-state index in [1.54, 1.807) is 0 Å². The van der Waals surface area contributed by atoms with Crippen molar-refractivity contribution >= 4 is 14.1 Å². The molecule has 17 heavy (non-hydrogen) atoms. The summed E-state index contributed by atoms with van der Waals surface area (Å²) in [4.78, 5) is 2.69. The fraction of sp³-hybridized carbons (Fsp3) is 0.875. The van der Waals surface area contributed by atoms with Crippen molar-refractivity contribution in [3.05, 3.63) is 11.0 Å². The van der Waals surface area contributed by atoms with Crippen molar-refractivity contribution in [2.75, 3.05) is 0 Å². The van der Waals surface area contributed by atoms with Crippen LogP contribution in [0.25, 0.3) is 0 Å². The first-order valence-electron chi connectivity index (χ1n) is 7.76. The Morgan fingerprint density at radius 1 is 0.941 bits per heavy atom. The Hall–Kier alpha value is 0.272. The maximum atomic E-state index is 2.69. The van der Waals surface area contributed by atoms with Crippen LogP contribution in [0.15, 0.2) is 11.0 Å². The molecule has 99 valence electrons. The molecule has 1 rings (SSSR count). The quantitative estimate of drug-likeness (QED) is 0.548. The molecule has 1 saturated carbocycles. The maximum Gasteiger partial charge on any atom is -0.00485 e. The molecular weight excluding hydrogens is 219 g/mol. The average molecular weight is 250 g/mol. The van der Waals surface area contributed by atoms with Crippen molar-refractivity contribution in [1.29, 1.82) is 0 Å². The zero-order valence-corrected chi connectivity index (χ0v) is 13.6. The minimum Gasteiger partial charge on any atom is -0.306 e. The van der Waals surface area contributed by atoms with Gasteiger partial charge >= 0.3 is 0 Å². The van der Waals surface area contributed by atoms with Gasteiger partial charge in [0.05, 0.1) is 0 Å². The summed E-state index contributed by atoms with van der Waals surface area (Å²) in [6.07, 6.45) is 9.94. The molecule has 1 aliphatic rings. The van der Waals surface area contributed by atoms with E-state index in [0.29, 0.717) is 0 Å². The lowest BCUT2D eigenvalue weighted by Crippen LogP contribution is -2.16. The minimum absolute atomic E-state index is 0.601. The molecule has 1 radical (unpaired) electrons. The molecule has 0 aromatic rings. The third kappa shape index (κ3) is 7.33. The predicted octanol–water partition coefficient (Wildman–Crippen LogP) is 5.47. The van der Waals surface area contributed by atoms with E-state index >= 15 is 0 Å². The number of hydrogen-bond donors (Lipinski definition) is 0. The fourth-order valence-corrected chi connectivity index (χ4v) is 6.66. The highest BCUT2D eigenvalue weighted by Crippen LogP contribution is 2.25. The second kappa shape index (κ2) is 8.39. The van der Waals surface area contributed by atoms with Gasteiger partial charge in [0.1, 0.15) is 0 Å². The van der Waals surface area contributed by atoms with Gasteiger partial charge in [-0.15, -0.1) is 6.08 Å². The lowest BCUT2D eigenvalue weighted by molar-refractivity contribution is 0.419.